The quantitative estimate of drug-likeness (QED) is 0.577. The van der Waals surface area contributed by atoms with Gasteiger partial charge >= 0.3 is 0 Å². The van der Waals surface area contributed by atoms with Crippen molar-refractivity contribution in [3.63, 3.8) is 0 Å². The second kappa shape index (κ2) is 6.84. The van der Waals surface area contributed by atoms with Crippen LogP contribution in [-0.4, -0.2) is 43.3 Å². The summed E-state index contributed by atoms with van der Waals surface area (Å²) < 4.78 is 21.4. The number of nitrogens with one attached hydrogen (secondary N) is 1. The molecule has 1 rings (SSSR count). The van der Waals surface area contributed by atoms with Crippen LogP contribution in [0.3, 0.4) is 0 Å². The Labute approximate surface area is 110 Å². The summed E-state index contributed by atoms with van der Waals surface area (Å²) in [6.07, 6.45) is 2.78. The van der Waals surface area contributed by atoms with Crippen molar-refractivity contribution < 1.29 is 18.3 Å². The number of aromatic nitrogens is 1. The van der Waals surface area contributed by atoms with E-state index in [0.717, 1.165) is 0 Å². The normalized spacial score (nSPS) is 10.4. The Morgan fingerprint density at radius 3 is 2.84 bits per heavy atom. The molecule has 8 heteroatoms. The van der Waals surface area contributed by atoms with Crippen LogP contribution >= 0.6 is 0 Å². The molecular weight excluding hydrogens is 270 g/mol. The van der Waals surface area contributed by atoms with Gasteiger partial charge < -0.3 is 10.4 Å². The molecule has 1 heterocycles. The fourth-order valence-corrected chi connectivity index (χ4v) is 1.57. The van der Waals surface area contributed by atoms with Gasteiger partial charge in [0.15, 0.2) is 0 Å². The van der Waals surface area contributed by atoms with Crippen LogP contribution in [-0.2, 0) is 10.0 Å². The van der Waals surface area contributed by atoms with Crippen LogP contribution in [0.25, 0.3) is 0 Å². The smallest absolute Gasteiger partial charge is 0.252 e. The number of sulfonamides is 1. The van der Waals surface area contributed by atoms with E-state index in [-0.39, 0.29) is 24.5 Å². The highest BCUT2D eigenvalue weighted by molar-refractivity contribution is 7.89. The number of pyridine rings is 1. The molecule has 4 N–H and O–H groups in total. The molecule has 0 aliphatic rings. The number of hydrogen-bond acceptors (Lipinski definition) is 5. The van der Waals surface area contributed by atoms with E-state index in [4.69, 9.17) is 10.2 Å². The highest BCUT2D eigenvalue weighted by atomic mass is 32.2. The Balaban J connectivity index is 2.67. The summed E-state index contributed by atoms with van der Waals surface area (Å²) in [4.78, 5) is 15.5. The zero-order valence-electron chi connectivity index (χ0n) is 9.96. The van der Waals surface area contributed by atoms with Gasteiger partial charge in [-0.3, -0.25) is 9.78 Å². The molecule has 102 valence electrons. The molecule has 0 aliphatic carbocycles. The van der Waals surface area contributed by atoms with Gasteiger partial charge in [-0.25, -0.2) is 13.6 Å². The summed E-state index contributed by atoms with van der Waals surface area (Å²) in [6, 6.07) is 1.49. The van der Waals surface area contributed by atoms with Gasteiger partial charge in [0.2, 0.25) is 10.0 Å². The van der Waals surface area contributed by atoms with E-state index in [0.29, 0.717) is 5.56 Å². The third kappa shape index (κ3) is 5.96. The standard InChI is InChI=1S/C11H13N3O4S/c12-19(17,18)5-3-14-11(16)10-6-9(2-1-4-15)7-13-8-10/h6-8,15H,3-5H2,(H,14,16)(H2,12,17,18). The number of primary sulfonamides is 1. The number of carbonyl (C=O) groups excluding carboxylic acids is 1. The van der Waals surface area contributed by atoms with Crippen molar-refractivity contribution in [2.45, 2.75) is 0 Å². The molecule has 1 aromatic rings. The van der Waals surface area contributed by atoms with E-state index in [1.165, 1.54) is 18.5 Å². The van der Waals surface area contributed by atoms with Gasteiger partial charge in [-0.15, -0.1) is 0 Å². The minimum absolute atomic E-state index is 0.0792. The number of aliphatic hydroxyl groups is 1. The number of carbonyl (C=O) groups is 1. The van der Waals surface area contributed by atoms with E-state index in [9.17, 15) is 13.2 Å². The predicted molar refractivity (Wildman–Crippen MR) is 68.5 cm³/mol. The summed E-state index contributed by atoms with van der Waals surface area (Å²) in [6.45, 7) is -0.366. The maximum Gasteiger partial charge on any atom is 0.252 e. The number of nitrogens with two attached hydrogens (primary N) is 1. The summed E-state index contributed by atoms with van der Waals surface area (Å²) in [5.41, 5.74) is 0.729. The Hall–Kier alpha value is -1.95. The molecule has 0 aromatic carbocycles. The third-order valence-corrected chi connectivity index (χ3v) is 2.76. The Morgan fingerprint density at radius 2 is 2.21 bits per heavy atom. The average Bonchev–Trinajstić information content (AvgIpc) is 2.35. The van der Waals surface area contributed by atoms with Crippen LogP contribution in [0.4, 0.5) is 0 Å². The zero-order chi connectivity index (χ0) is 14.3. The molecule has 1 aromatic heterocycles. The van der Waals surface area contributed by atoms with Crippen molar-refractivity contribution >= 4 is 15.9 Å². The number of amides is 1. The van der Waals surface area contributed by atoms with Crippen LogP contribution in [0.15, 0.2) is 18.5 Å². The molecule has 0 spiro atoms. The highest BCUT2D eigenvalue weighted by Gasteiger charge is 2.08. The Bertz CT molecular complexity index is 616. The molecule has 0 saturated carbocycles. The molecule has 0 saturated heterocycles. The molecule has 0 radical (unpaired) electrons. The van der Waals surface area contributed by atoms with Gasteiger partial charge in [0.05, 0.1) is 11.3 Å². The largest absolute Gasteiger partial charge is 0.384 e. The first-order chi connectivity index (χ1) is 8.92. The molecule has 7 nitrogen and oxygen atoms in total. The van der Waals surface area contributed by atoms with Crippen molar-refractivity contribution in [3.05, 3.63) is 29.6 Å². The van der Waals surface area contributed by atoms with Gasteiger partial charge in [-0.2, -0.15) is 0 Å². The molecule has 19 heavy (non-hydrogen) atoms. The number of rotatable bonds is 4. The van der Waals surface area contributed by atoms with E-state index >= 15 is 0 Å². The lowest BCUT2D eigenvalue weighted by Gasteiger charge is -2.04. The Kier molecular flexibility index (Phi) is 5.44. The first-order valence-electron chi connectivity index (χ1n) is 5.26. The number of aliphatic hydroxyl groups excluding tert-OH is 1. The van der Waals surface area contributed by atoms with Crippen LogP contribution < -0.4 is 10.5 Å². The third-order valence-electron chi connectivity index (χ3n) is 1.98. The van der Waals surface area contributed by atoms with Crippen LogP contribution in [0.1, 0.15) is 15.9 Å². The molecule has 0 bridgehead atoms. The van der Waals surface area contributed by atoms with Gasteiger partial charge in [0.1, 0.15) is 6.61 Å². The van der Waals surface area contributed by atoms with Crippen molar-refractivity contribution in [2.24, 2.45) is 5.14 Å². The lowest BCUT2D eigenvalue weighted by atomic mass is 10.2. The summed E-state index contributed by atoms with van der Waals surface area (Å²) in [5, 5.41) is 15.8. The first kappa shape index (κ1) is 15.1. The fraction of sp³-hybridized carbons (Fsp3) is 0.273. The van der Waals surface area contributed by atoms with E-state index in [2.05, 4.69) is 22.1 Å². The lowest BCUT2D eigenvalue weighted by Crippen LogP contribution is -2.31. The van der Waals surface area contributed by atoms with Crippen molar-refractivity contribution in [3.8, 4) is 11.8 Å². The minimum Gasteiger partial charge on any atom is -0.384 e. The molecule has 0 fully saturated rings. The number of hydrogen-bond donors (Lipinski definition) is 3. The predicted octanol–water partition coefficient (Wildman–Crippen LogP) is -1.56. The molecule has 0 atom stereocenters. The van der Waals surface area contributed by atoms with Gasteiger partial charge in [0, 0.05) is 24.5 Å². The Morgan fingerprint density at radius 1 is 1.47 bits per heavy atom. The molecular formula is C11H13N3O4S. The second-order valence-electron chi connectivity index (χ2n) is 3.55. The van der Waals surface area contributed by atoms with Crippen LogP contribution in [0.2, 0.25) is 0 Å². The van der Waals surface area contributed by atoms with Crippen molar-refractivity contribution in [1.82, 2.24) is 10.3 Å². The lowest BCUT2D eigenvalue weighted by molar-refractivity contribution is 0.0955. The van der Waals surface area contributed by atoms with Gasteiger partial charge in [0.25, 0.3) is 5.91 Å². The van der Waals surface area contributed by atoms with Gasteiger partial charge in [-0.1, -0.05) is 11.8 Å². The summed E-state index contributed by atoms with van der Waals surface area (Å²) in [5.74, 6) is 4.24. The monoisotopic (exact) mass is 283 g/mol. The highest BCUT2D eigenvalue weighted by Crippen LogP contribution is 2.01. The van der Waals surface area contributed by atoms with Crippen LogP contribution in [0.5, 0.6) is 0 Å². The zero-order valence-corrected chi connectivity index (χ0v) is 10.8. The second-order valence-corrected chi connectivity index (χ2v) is 5.28. The summed E-state index contributed by atoms with van der Waals surface area (Å²) in [7, 11) is -3.60. The summed E-state index contributed by atoms with van der Waals surface area (Å²) >= 11 is 0. The molecule has 0 aliphatic heterocycles. The number of nitrogens with zero attached hydrogens (tertiary/aromatic N) is 1. The minimum atomic E-state index is -3.60. The van der Waals surface area contributed by atoms with Crippen molar-refractivity contribution in [2.75, 3.05) is 18.9 Å². The maximum absolute atomic E-state index is 11.7. The topological polar surface area (TPSA) is 122 Å². The fourth-order valence-electron chi connectivity index (χ4n) is 1.18. The first-order valence-corrected chi connectivity index (χ1v) is 6.97. The van der Waals surface area contributed by atoms with E-state index < -0.39 is 15.9 Å². The van der Waals surface area contributed by atoms with Crippen molar-refractivity contribution in [1.29, 1.82) is 0 Å². The maximum atomic E-state index is 11.7. The van der Waals surface area contributed by atoms with Crippen LogP contribution in [0, 0.1) is 11.8 Å². The van der Waals surface area contributed by atoms with E-state index in [1.54, 1.807) is 0 Å². The van der Waals surface area contributed by atoms with Gasteiger partial charge in [-0.05, 0) is 6.07 Å². The van der Waals surface area contributed by atoms with E-state index in [1.807, 2.05) is 0 Å². The molecule has 0 unspecified atom stereocenters. The SMILES string of the molecule is NS(=O)(=O)CCNC(=O)c1cncc(C#CCO)c1. The average molecular weight is 283 g/mol. The molecule has 1 amide bonds.